The van der Waals surface area contributed by atoms with Crippen molar-refractivity contribution < 1.29 is 17.9 Å². The van der Waals surface area contributed by atoms with Crippen molar-refractivity contribution in [2.24, 2.45) is 23.7 Å². The highest BCUT2D eigenvalue weighted by atomic mass is 19.4. The van der Waals surface area contributed by atoms with E-state index < -0.39 is 6.36 Å². The number of halogens is 3. The van der Waals surface area contributed by atoms with Crippen molar-refractivity contribution in [2.45, 2.75) is 110 Å². The fraction of sp³-hybridized carbons (Fsp3) is 1.00. The Hall–Kier alpha value is -0.250. The summed E-state index contributed by atoms with van der Waals surface area (Å²) in [4.78, 5) is 0. The molecule has 0 bridgehead atoms. The first kappa shape index (κ1) is 22.0. The van der Waals surface area contributed by atoms with Gasteiger partial charge in [-0.05, 0) is 55.8 Å². The third-order valence-electron chi connectivity index (χ3n) is 6.94. The molecule has 2 aliphatic carbocycles. The number of alkyl halides is 3. The molecule has 2 fully saturated rings. The van der Waals surface area contributed by atoms with Crippen molar-refractivity contribution >= 4 is 0 Å². The maximum Gasteiger partial charge on any atom is 0.522 e. The molecule has 0 spiro atoms. The van der Waals surface area contributed by atoms with Gasteiger partial charge in [-0.15, -0.1) is 13.2 Å². The van der Waals surface area contributed by atoms with Crippen LogP contribution in [0.1, 0.15) is 103 Å². The number of ether oxygens (including phenoxy) is 1. The Morgan fingerprint density at radius 3 is 1.58 bits per heavy atom. The van der Waals surface area contributed by atoms with E-state index in [4.69, 9.17) is 0 Å². The SMILES string of the molecule is CCCCCC1CCC(C2CCC(CCCCOC(F)(F)F)CC2)CC1. The minimum Gasteiger partial charge on any atom is -0.292 e. The van der Waals surface area contributed by atoms with Gasteiger partial charge < -0.3 is 0 Å². The van der Waals surface area contributed by atoms with E-state index in [2.05, 4.69) is 11.7 Å². The minimum absolute atomic E-state index is 0.180. The van der Waals surface area contributed by atoms with Gasteiger partial charge in [0.2, 0.25) is 0 Å². The largest absolute Gasteiger partial charge is 0.522 e. The van der Waals surface area contributed by atoms with Gasteiger partial charge in [-0.3, -0.25) is 4.74 Å². The van der Waals surface area contributed by atoms with Crippen molar-refractivity contribution in [3.63, 3.8) is 0 Å². The van der Waals surface area contributed by atoms with Gasteiger partial charge in [0.15, 0.2) is 0 Å². The second-order valence-corrected chi connectivity index (χ2v) is 8.85. The van der Waals surface area contributed by atoms with Crippen LogP contribution in [0.4, 0.5) is 13.2 Å². The molecular weight excluding hydrogens is 337 g/mol. The van der Waals surface area contributed by atoms with Crippen LogP contribution < -0.4 is 0 Å². The van der Waals surface area contributed by atoms with Crippen molar-refractivity contribution in [3.05, 3.63) is 0 Å². The van der Waals surface area contributed by atoms with Gasteiger partial charge in [0.1, 0.15) is 0 Å². The highest BCUT2D eigenvalue weighted by Gasteiger charge is 2.31. The maximum atomic E-state index is 11.9. The van der Waals surface area contributed by atoms with Gasteiger partial charge in [-0.2, -0.15) is 0 Å². The molecule has 1 nitrogen and oxygen atoms in total. The summed E-state index contributed by atoms with van der Waals surface area (Å²) >= 11 is 0. The van der Waals surface area contributed by atoms with Crippen LogP contribution in [-0.4, -0.2) is 13.0 Å². The van der Waals surface area contributed by atoms with Gasteiger partial charge in [0.05, 0.1) is 6.61 Å². The van der Waals surface area contributed by atoms with E-state index in [9.17, 15) is 13.2 Å². The Kier molecular flexibility index (Phi) is 9.80. The quantitative estimate of drug-likeness (QED) is 0.352. The molecule has 0 unspecified atom stereocenters. The second kappa shape index (κ2) is 11.6. The highest BCUT2D eigenvalue weighted by Crippen LogP contribution is 2.43. The summed E-state index contributed by atoms with van der Waals surface area (Å²) in [6.07, 6.45) is 14.7. The van der Waals surface area contributed by atoms with Crippen LogP contribution >= 0.6 is 0 Å². The lowest BCUT2D eigenvalue weighted by Gasteiger charge is -2.38. The monoisotopic (exact) mass is 376 g/mol. The molecule has 2 saturated carbocycles. The van der Waals surface area contributed by atoms with Crippen molar-refractivity contribution in [3.8, 4) is 0 Å². The Morgan fingerprint density at radius 1 is 0.692 bits per heavy atom. The molecule has 0 aromatic rings. The Bertz CT molecular complexity index is 353. The lowest BCUT2D eigenvalue weighted by atomic mass is 9.68. The van der Waals surface area contributed by atoms with Crippen LogP contribution in [0.5, 0.6) is 0 Å². The van der Waals surface area contributed by atoms with Crippen molar-refractivity contribution in [1.29, 1.82) is 0 Å². The third-order valence-corrected chi connectivity index (χ3v) is 6.94. The van der Waals surface area contributed by atoms with Gasteiger partial charge in [-0.1, -0.05) is 71.1 Å². The average Bonchev–Trinajstić information content (AvgIpc) is 2.62. The molecule has 0 amide bonds. The maximum absolute atomic E-state index is 11.9. The van der Waals surface area contributed by atoms with Crippen LogP contribution in [0.3, 0.4) is 0 Å². The highest BCUT2D eigenvalue weighted by molar-refractivity contribution is 4.82. The number of hydrogen-bond acceptors (Lipinski definition) is 1. The summed E-state index contributed by atoms with van der Waals surface area (Å²) in [5, 5.41) is 0. The minimum atomic E-state index is -4.47. The van der Waals surface area contributed by atoms with Crippen LogP contribution in [-0.2, 0) is 4.74 Å². The third kappa shape index (κ3) is 8.63. The summed E-state index contributed by atoms with van der Waals surface area (Å²) in [6, 6.07) is 0. The predicted octanol–water partition coefficient (Wildman–Crippen LogP) is 7.89. The van der Waals surface area contributed by atoms with Crippen LogP contribution in [0.15, 0.2) is 0 Å². The molecule has 26 heavy (non-hydrogen) atoms. The topological polar surface area (TPSA) is 9.23 Å². The Balaban J connectivity index is 1.52. The molecule has 0 saturated heterocycles. The van der Waals surface area contributed by atoms with Crippen LogP contribution in [0.2, 0.25) is 0 Å². The number of unbranched alkanes of at least 4 members (excludes halogenated alkanes) is 3. The molecule has 0 heterocycles. The van der Waals surface area contributed by atoms with E-state index in [0.717, 1.165) is 36.5 Å². The van der Waals surface area contributed by atoms with Gasteiger partial charge in [0.25, 0.3) is 0 Å². The first-order chi connectivity index (χ1) is 12.5. The average molecular weight is 377 g/mol. The Labute approximate surface area is 158 Å². The van der Waals surface area contributed by atoms with Crippen molar-refractivity contribution in [1.82, 2.24) is 0 Å². The lowest BCUT2D eigenvalue weighted by molar-refractivity contribution is -0.324. The normalized spacial score (nSPS) is 30.5. The Morgan fingerprint density at radius 2 is 1.15 bits per heavy atom. The number of hydrogen-bond donors (Lipinski definition) is 0. The van der Waals surface area contributed by atoms with E-state index in [1.165, 1.54) is 77.0 Å². The van der Waals surface area contributed by atoms with Gasteiger partial charge in [0, 0.05) is 0 Å². The van der Waals surface area contributed by atoms with Crippen LogP contribution in [0.25, 0.3) is 0 Å². The van der Waals surface area contributed by atoms with E-state index in [-0.39, 0.29) is 6.61 Å². The summed E-state index contributed by atoms with van der Waals surface area (Å²) in [7, 11) is 0. The predicted molar refractivity (Wildman–Crippen MR) is 101 cm³/mol. The summed E-state index contributed by atoms with van der Waals surface area (Å²) in [6.45, 7) is 2.10. The number of rotatable bonds is 10. The summed E-state index contributed by atoms with van der Waals surface area (Å²) in [5.74, 6) is 3.62. The van der Waals surface area contributed by atoms with E-state index in [1.807, 2.05) is 0 Å². The molecule has 0 aromatic carbocycles. The summed E-state index contributed by atoms with van der Waals surface area (Å²) in [5.41, 5.74) is 0. The zero-order chi connectivity index (χ0) is 18.8. The van der Waals surface area contributed by atoms with Gasteiger partial charge in [-0.25, -0.2) is 0 Å². The van der Waals surface area contributed by atoms with Crippen LogP contribution in [0, 0.1) is 23.7 Å². The molecule has 0 aromatic heterocycles. The molecule has 0 N–H and O–H groups in total. The molecule has 4 heteroatoms. The molecule has 2 aliphatic rings. The van der Waals surface area contributed by atoms with E-state index in [1.54, 1.807) is 0 Å². The fourth-order valence-electron chi connectivity index (χ4n) is 5.30. The zero-order valence-corrected chi connectivity index (χ0v) is 16.7. The molecular formula is C22H39F3O. The van der Waals surface area contributed by atoms with Gasteiger partial charge >= 0.3 is 6.36 Å². The fourth-order valence-corrected chi connectivity index (χ4v) is 5.30. The summed E-state index contributed by atoms with van der Waals surface area (Å²) < 4.78 is 39.7. The molecule has 2 rings (SSSR count). The van der Waals surface area contributed by atoms with Crippen molar-refractivity contribution in [2.75, 3.05) is 6.61 Å². The molecule has 0 aliphatic heterocycles. The molecule has 0 radical (unpaired) electrons. The zero-order valence-electron chi connectivity index (χ0n) is 16.7. The lowest BCUT2D eigenvalue weighted by Crippen LogP contribution is -2.26. The van der Waals surface area contributed by atoms with E-state index in [0.29, 0.717) is 6.42 Å². The smallest absolute Gasteiger partial charge is 0.292 e. The molecule has 0 atom stereocenters. The second-order valence-electron chi connectivity index (χ2n) is 8.85. The molecule has 154 valence electrons. The first-order valence-electron chi connectivity index (χ1n) is 11.2. The standard InChI is InChI=1S/C22H39F3O/c1-2-3-4-7-18-9-13-20(14-10-18)21-15-11-19(12-16-21)8-5-6-17-26-22(23,24)25/h18-21H,2-17H2,1H3. The first-order valence-corrected chi connectivity index (χ1v) is 11.2. The van der Waals surface area contributed by atoms with E-state index >= 15 is 0 Å².